The largest absolute Gasteiger partial charge is 0.472 e. The van der Waals surface area contributed by atoms with Crippen LogP contribution in [0.2, 0.25) is 0 Å². The van der Waals surface area contributed by atoms with Crippen LogP contribution in [0, 0.1) is 5.92 Å². The van der Waals surface area contributed by atoms with Crippen LogP contribution in [-0.2, 0) is 23.1 Å². The van der Waals surface area contributed by atoms with Crippen molar-refractivity contribution in [2.45, 2.75) is 43.0 Å². The maximum absolute atomic E-state index is 13.1. The molecule has 3 aliphatic rings. The number of aliphatic hydroxyl groups is 2. The number of aliphatic hydroxyl groups excluding tert-OH is 2. The fourth-order valence-corrected chi connectivity index (χ4v) is 8.02. The van der Waals surface area contributed by atoms with Crippen LogP contribution >= 0.6 is 16.4 Å². The van der Waals surface area contributed by atoms with Gasteiger partial charge in [0.15, 0.2) is 29.2 Å². The van der Waals surface area contributed by atoms with Crippen molar-refractivity contribution >= 4 is 50.4 Å². The minimum atomic E-state index is -4.81. The molecule has 10 unspecified atom stereocenters. The molecule has 20 heteroatoms. The van der Waals surface area contributed by atoms with E-state index in [1.807, 2.05) is 0 Å². The lowest BCUT2D eigenvalue weighted by molar-refractivity contribution is -0.0561. The van der Waals surface area contributed by atoms with Gasteiger partial charge < -0.3 is 36.0 Å². The van der Waals surface area contributed by atoms with E-state index in [0.29, 0.717) is 34.7 Å². The van der Waals surface area contributed by atoms with Crippen LogP contribution in [0.1, 0.15) is 12.5 Å². The molecule has 4 aromatic heterocycles. The molecule has 10 atom stereocenters. The number of nitrogen functional groups attached to an aromatic ring is 2. The maximum Gasteiger partial charge on any atom is 0.472 e. The van der Waals surface area contributed by atoms with Gasteiger partial charge in [0.25, 0.3) is 0 Å². The van der Waals surface area contributed by atoms with E-state index in [1.54, 1.807) is 4.57 Å². The molecular formula is C21H26N10O8P2. The van der Waals surface area contributed by atoms with Crippen molar-refractivity contribution in [2.75, 3.05) is 30.4 Å². The molecule has 3 saturated heterocycles. The second-order valence-electron chi connectivity index (χ2n) is 9.93. The van der Waals surface area contributed by atoms with Crippen LogP contribution < -0.4 is 11.5 Å². The first kappa shape index (κ1) is 26.9. The second kappa shape index (κ2) is 10.1. The number of nitrogens with zero attached hydrogens (tertiary/aromatic N) is 8. The Labute approximate surface area is 232 Å². The standard InChI is InChI=1S/C21H26N10O8P2/c22-16-11-18(26-4-24-16)30(6-28-11)20-8-2-40-3-10-14(33)15(39-41(34,35)36-1-9(37-20)13(8)32)21(38-10)31-7-29-12-17(23)25-5-27-19(12)31/h4-10,13-15,20-21,32-33,40H,1-3H2,(H,34,35)(H2,22,24,26)(H2,23,25,27). The second-order valence-corrected chi connectivity index (χ2v) is 12.7. The van der Waals surface area contributed by atoms with Gasteiger partial charge in [0.2, 0.25) is 0 Å². The van der Waals surface area contributed by atoms with Crippen molar-refractivity contribution in [3.8, 4) is 0 Å². The minimum absolute atomic E-state index is 0.143. The van der Waals surface area contributed by atoms with E-state index in [2.05, 4.69) is 29.9 Å². The van der Waals surface area contributed by atoms with Crippen LogP contribution in [0.4, 0.5) is 11.6 Å². The predicted molar refractivity (Wildman–Crippen MR) is 141 cm³/mol. The van der Waals surface area contributed by atoms with Gasteiger partial charge in [-0.2, -0.15) is 0 Å². The summed E-state index contributed by atoms with van der Waals surface area (Å²) in [6.07, 6.45) is -0.928. The Morgan fingerprint density at radius 3 is 2.12 bits per heavy atom. The fraction of sp³-hybridized carbons (Fsp3) is 0.524. The van der Waals surface area contributed by atoms with Crippen LogP contribution in [-0.4, -0.2) is 104 Å². The van der Waals surface area contributed by atoms with E-state index in [9.17, 15) is 19.7 Å². The summed E-state index contributed by atoms with van der Waals surface area (Å²) in [5, 5.41) is 22.4. The lowest BCUT2D eigenvalue weighted by atomic mass is 10.0. The highest BCUT2D eigenvalue weighted by Crippen LogP contribution is 2.51. The van der Waals surface area contributed by atoms with E-state index in [-0.39, 0.29) is 20.2 Å². The number of phosphoric acid groups is 1. The van der Waals surface area contributed by atoms with Crippen LogP contribution in [0.5, 0.6) is 0 Å². The smallest absolute Gasteiger partial charge is 0.390 e. The number of hydrogen-bond acceptors (Lipinski definition) is 15. The first-order chi connectivity index (χ1) is 19.7. The summed E-state index contributed by atoms with van der Waals surface area (Å²) in [5.41, 5.74) is 13.3. The summed E-state index contributed by atoms with van der Waals surface area (Å²) in [4.78, 5) is 35.5. The average molecular weight is 608 g/mol. The topological polar surface area (TPSA) is 254 Å². The van der Waals surface area contributed by atoms with E-state index in [4.69, 9.17) is 30.0 Å². The number of hydrogen-bond donors (Lipinski definition) is 5. The van der Waals surface area contributed by atoms with E-state index in [1.165, 1.54) is 29.9 Å². The highest BCUT2D eigenvalue weighted by molar-refractivity contribution is 7.47. The van der Waals surface area contributed by atoms with Gasteiger partial charge >= 0.3 is 7.82 Å². The van der Waals surface area contributed by atoms with Crippen molar-refractivity contribution in [2.24, 2.45) is 5.92 Å². The Morgan fingerprint density at radius 2 is 1.46 bits per heavy atom. The number of imidazole rings is 2. The molecule has 7 N–H and O–H groups in total. The average Bonchev–Trinajstić information content (AvgIpc) is 3.70. The first-order valence-electron chi connectivity index (χ1n) is 12.6. The fourth-order valence-electron chi connectivity index (χ4n) is 5.52. The molecule has 3 aliphatic heterocycles. The number of anilines is 2. The van der Waals surface area contributed by atoms with Gasteiger partial charge in [-0.3, -0.25) is 18.2 Å². The molecule has 0 amide bonds. The summed E-state index contributed by atoms with van der Waals surface area (Å²) in [7, 11) is -4.61. The van der Waals surface area contributed by atoms with Gasteiger partial charge in [-0.25, -0.2) is 34.5 Å². The predicted octanol–water partition coefficient (Wildman–Crippen LogP) is -0.842. The normalized spacial score (nSPS) is 36.9. The van der Waals surface area contributed by atoms with Gasteiger partial charge in [-0.15, -0.1) is 8.58 Å². The maximum atomic E-state index is 13.1. The summed E-state index contributed by atoms with van der Waals surface area (Å²) >= 11 is 0. The molecule has 7 rings (SSSR count). The molecule has 0 radical (unpaired) electrons. The Balaban J connectivity index is 1.20. The number of nitrogens with two attached hydrogens (primary N) is 2. The first-order valence-corrected chi connectivity index (χ1v) is 15.5. The van der Waals surface area contributed by atoms with E-state index < -0.39 is 63.3 Å². The Hall–Kier alpha value is -2.92. The third-order valence-corrected chi connectivity index (χ3v) is 9.95. The van der Waals surface area contributed by atoms with Crippen molar-refractivity contribution in [3.05, 3.63) is 25.3 Å². The molecule has 0 aliphatic carbocycles. The van der Waals surface area contributed by atoms with Crippen molar-refractivity contribution in [3.63, 3.8) is 0 Å². The highest BCUT2D eigenvalue weighted by atomic mass is 31.2. The third kappa shape index (κ3) is 4.56. The van der Waals surface area contributed by atoms with Crippen molar-refractivity contribution in [1.82, 2.24) is 39.0 Å². The number of aromatic nitrogens is 8. The molecule has 0 aromatic carbocycles. The molecule has 3 fully saturated rings. The number of ether oxygens (including phenoxy) is 2. The van der Waals surface area contributed by atoms with Crippen LogP contribution in [0.15, 0.2) is 25.3 Å². The Bertz CT molecular complexity index is 1660. The molecule has 0 spiro atoms. The molecule has 18 nitrogen and oxygen atoms in total. The van der Waals surface area contributed by atoms with Gasteiger partial charge in [-0.05, 0) is 12.3 Å². The van der Waals surface area contributed by atoms with E-state index >= 15 is 0 Å². The summed E-state index contributed by atoms with van der Waals surface area (Å²) in [6, 6.07) is 0. The highest BCUT2D eigenvalue weighted by Gasteiger charge is 2.51. The van der Waals surface area contributed by atoms with E-state index in [0.717, 1.165) is 0 Å². The number of phosphoric ester groups is 1. The zero-order valence-electron chi connectivity index (χ0n) is 21.1. The van der Waals surface area contributed by atoms with Crippen molar-refractivity contribution < 1.29 is 38.2 Å². The SMILES string of the molecule is Nc1ncnc2c1ncn2C1OC2COP(=O)(O)OC3C(O)C(CPCC1C2O)OC3n1cnc2c(N)ncnc21. The number of fused-ring (bicyclic) bond motifs is 6. The molecule has 7 heterocycles. The van der Waals surface area contributed by atoms with Crippen LogP contribution in [0.3, 0.4) is 0 Å². The molecule has 4 aromatic rings. The third-order valence-electron chi connectivity index (χ3n) is 7.52. The van der Waals surface area contributed by atoms with Gasteiger partial charge in [0.05, 0.1) is 31.5 Å². The Morgan fingerprint density at radius 1 is 0.854 bits per heavy atom. The molecule has 41 heavy (non-hydrogen) atoms. The van der Waals surface area contributed by atoms with Gasteiger partial charge in [0.1, 0.15) is 48.2 Å². The van der Waals surface area contributed by atoms with Crippen LogP contribution in [0.25, 0.3) is 22.3 Å². The number of rotatable bonds is 2. The van der Waals surface area contributed by atoms with Gasteiger partial charge in [0, 0.05) is 5.92 Å². The zero-order valence-corrected chi connectivity index (χ0v) is 23.0. The molecular weight excluding hydrogens is 582 g/mol. The van der Waals surface area contributed by atoms with Crippen molar-refractivity contribution in [1.29, 1.82) is 0 Å². The molecule has 218 valence electrons. The summed E-state index contributed by atoms with van der Waals surface area (Å²) in [5.74, 6) is -0.135. The quantitative estimate of drug-likeness (QED) is 0.174. The molecule has 4 bridgehead atoms. The molecule has 0 saturated carbocycles. The monoisotopic (exact) mass is 608 g/mol. The van der Waals surface area contributed by atoms with Gasteiger partial charge in [-0.1, -0.05) is 0 Å². The Kier molecular flexibility index (Phi) is 6.65. The lowest BCUT2D eigenvalue weighted by Gasteiger charge is -2.25. The lowest BCUT2D eigenvalue weighted by Crippen LogP contribution is -2.34. The zero-order chi connectivity index (χ0) is 28.5. The summed E-state index contributed by atoms with van der Waals surface area (Å²) in [6.45, 7) is -0.468. The minimum Gasteiger partial charge on any atom is -0.390 e. The summed E-state index contributed by atoms with van der Waals surface area (Å²) < 4.78 is 39.3.